The van der Waals surface area contributed by atoms with E-state index in [1.165, 1.54) is 0 Å². The van der Waals surface area contributed by atoms with Gasteiger partial charge in [0.05, 0.1) is 26.1 Å². The number of carbonyl (C=O) groups is 2. The van der Waals surface area contributed by atoms with E-state index in [4.69, 9.17) is 21.1 Å². The molecule has 2 aliphatic heterocycles. The molecule has 2 saturated heterocycles. The molecule has 32 heavy (non-hydrogen) atoms. The van der Waals surface area contributed by atoms with Crippen molar-refractivity contribution in [2.45, 2.75) is 25.8 Å². The van der Waals surface area contributed by atoms with Gasteiger partial charge in [-0.3, -0.25) is 9.59 Å². The van der Waals surface area contributed by atoms with Crippen molar-refractivity contribution in [2.75, 3.05) is 46.0 Å². The molecule has 2 fully saturated rings. The average Bonchev–Trinajstić information content (AvgIpc) is 3.32. The molecule has 0 N–H and O–H groups in total. The van der Waals surface area contributed by atoms with E-state index < -0.39 is 5.41 Å². The normalized spacial score (nSPS) is 21.4. The van der Waals surface area contributed by atoms with Crippen LogP contribution in [0.4, 0.5) is 0 Å². The van der Waals surface area contributed by atoms with Crippen LogP contribution in [0, 0.1) is 5.41 Å². The number of hydrogen-bond acceptors (Lipinski definition) is 5. The highest BCUT2D eigenvalue weighted by Crippen LogP contribution is 2.36. The van der Waals surface area contributed by atoms with Crippen LogP contribution in [0.2, 0.25) is 5.02 Å². The first-order valence-electron chi connectivity index (χ1n) is 11.0. The zero-order chi connectivity index (χ0) is 22.4. The van der Waals surface area contributed by atoms with Gasteiger partial charge in [-0.1, -0.05) is 17.7 Å². The Bertz CT molecular complexity index is 916. The van der Waals surface area contributed by atoms with Gasteiger partial charge in [-0.15, -0.1) is 0 Å². The van der Waals surface area contributed by atoms with Gasteiger partial charge < -0.3 is 23.8 Å². The van der Waals surface area contributed by atoms with E-state index in [1.54, 1.807) is 35.4 Å². The summed E-state index contributed by atoms with van der Waals surface area (Å²) >= 11 is 6.11. The van der Waals surface area contributed by atoms with Crippen LogP contribution in [0.3, 0.4) is 0 Å². The monoisotopic (exact) mass is 460 g/mol. The smallest absolute Gasteiger partial charge is 0.242 e. The average molecular weight is 461 g/mol. The summed E-state index contributed by atoms with van der Waals surface area (Å²) in [5.41, 5.74) is -0.458. The number of halogens is 1. The van der Waals surface area contributed by atoms with Gasteiger partial charge in [0.2, 0.25) is 11.8 Å². The fourth-order valence-corrected chi connectivity index (χ4v) is 4.59. The number of piperidine rings is 1. The standard InChI is InChI=1S/C23H29ClN4O4/c24-19-3-1-4-20(13-19)32-17-23(14-21(29)27-9-11-31-12-10-27)5-2-7-28(16-23)22(30)15-26-8-6-25-18-26/h1,3-4,6,8,13,18H,2,5,7,9-12,14-17H2. The Morgan fingerprint density at radius 2 is 2.00 bits per heavy atom. The Balaban J connectivity index is 1.48. The summed E-state index contributed by atoms with van der Waals surface area (Å²) in [5.74, 6) is 0.776. The number of amides is 2. The number of imidazole rings is 1. The van der Waals surface area contributed by atoms with Gasteiger partial charge in [-0.2, -0.15) is 0 Å². The summed E-state index contributed by atoms with van der Waals surface area (Å²) in [5, 5.41) is 0.599. The first-order valence-corrected chi connectivity index (χ1v) is 11.4. The molecule has 172 valence electrons. The van der Waals surface area contributed by atoms with Crippen LogP contribution < -0.4 is 4.74 Å². The highest BCUT2D eigenvalue weighted by atomic mass is 35.5. The molecule has 9 heteroatoms. The summed E-state index contributed by atoms with van der Waals surface area (Å²) in [6.45, 7) is 4.08. The number of ether oxygens (including phenoxy) is 2. The second kappa shape index (κ2) is 10.4. The van der Waals surface area contributed by atoms with Crippen LogP contribution in [0.25, 0.3) is 0 Å². The second-order valence-electron chi connectivity index (χ2n) is 8.57. The Morgan fingerprint density at radius 1 is 1.16 bits per heavy atom. The van der Waals surface area contributed by atoms with E-state index in [0.717, 1.165) is 12.8 Å². The maximum atomic E-state index is 13.1. The van der Waals surface area contributed by atoms with Crippen molar-refractivity contribution in [3.8, 4) is 5.75 Å². The molecule has 0 aliphatic carbocycles. The predicted molar refractivity (Wildman–Crippen MR) is 119 cm³/mol. The summed E-state index contributed by atoms with van der Waals surface area (Å²) in [7, 11) is 0. The number of nitrogens with zero attached hydrogens (tertiary/aromatic N) is 4. The third-order valence-electron chi connectivity index (χ3n) is 6.12. The fraction of sp³-hybridized carbons (Fsp3) is 0.522. The number of morpholine rings is 1. The molecule has 0 bridgehead atoms. The zero-order valence-corrected chi connectivity index (χ0v) is 18.9. The predicted octanol–water partition coefficient (Wildman–Crippen LogP) is 2.47. The molecule has 2 amide bonds. The van der Waals surface area contributed by atoms with Crippen molar-refractivity contribution in [1.29, 1.82) is 0 Å². The minimum absolute atomic E-state index is 0.0219. The minimum atomic E-state index is -0.458. The second-order valence-corrected chi connectivity index (χ2v) is 9.01. The third-order valence-corrected chi connectivity index (χ3v) is 6.36. The highest BCUT2D eigenvalue weighted by molar-refractivity contribution is 6.30. The molecule has 1 unspecified atom stereocenters. The number of hydrogen-bond donors (Lipinski definition) is 0. The van der Waals surface area contributed by atoms with Gasteiger partial charge in [0.1, 0.15) is 12.3 Å². The maximum absolute atomic E-state index is 13.1. The van der Waals surface area contributed by atoms with Crippen molar-refractivity contribution in [1.82, 2.24) is 19.4 Å². The molecule has 2 aromatic rings. The lowest BCUT2D eigenvalue weighted by Crippen LogP contribution is -2.52. The molecule has 4 rings (SSSR count). The molecule has 1 atom stereocenters. The zero-order valence-electron chi connectivity index (χ0n) is 18.1. The lowest BCUT2D eigenvalue weighted by molar-refractivity contribution is -0.144. The third kappa shape index (κ3) is 5.81. The Morgan fingerprint density at radius 3 is 2.75 bits per heavy atom. The summed E-state index contributed by atoms with van der Waals surface area (Å²) in [4.78, 5) is 33.8. The van der Waals surface area contributed by atoms with Gasteiger partial charge in [-0.05, 0) is 31.0 Å². The fourth-order valence-electron chi connectivity index (χ4n) is 4.41. The van der Waals surface area contributed by atoms with Crippen LogP contribution in [0.15, 0.2) is 43.0 Å². The molecule has 8 nitrogen and oxygen atoms in total. The molecule has 3 heterocycles. The SMILES string of the molecule is O=C(CC1(COc2cccc(Cl)c2)CCCN(C(=O)Cn2ccnc2)C1)N1CCOCC1. The van der Waals surface area contributed by atoms with E-state index in [0.29, 0.717) is 63.2 Å². The molecule has 1 aromatic heterocycles. The van der Waals surface area contributed by atoms with E-state index in [-0.39, 0.29) is 18.4 Å². The van der Waals surface area contributed by atoms with E-state index in [1.807, 2.05) is 21.9 Å². The molecule has 0 spiro atoms. The van der Waals surface area contributed by atoms with Gasteiger partial charge in [0.15, 0.2) is 0 Å². The molecular formula is C23H29ClN4O4. The van der Waals surface area contributed by atoms with Crippen LogP contribution in [-0.2, 0) is 20.9 Å². The number of carbonyl (C=O) groups excluding carboxylic acids is 2. The van der Waals surface area contributed by atoms with E-state index >= 15 is 0 Å². The molecule has 0 saturated carbocycles. The van der Waals surface area contributed by atoms with Crippen molar-refractivity contribution in [3.63, 3.8) is 0 Å². The summed E-state index contributed by atoms with van der Waals surface area (Å²) in [6.07, 6.45) is 7.05. The summed E-state index contributed by atoms with van der Waals surface area (Å²) in [6, 6.07) is 7.26. The number of rotatable bonds is 7. The van der Waals surface area contributed by atoms with Crippen molar-refractivity contribution in [3.05, 3.63) is 48.0 Å². The molecular weight excluding hydrogens is 432 g/mol. The molecule has 2 aliphatic rings. The topological polar surface area (TPSA) is 76.9 Å². The van der Waals surface area contributed by atoms with Gasteiger partial charge >= 0.3 is 0 Å². The van der Waals surface area contributed by atoms with E-state index in [9.17, 15) is 9.59 Å². The van der Waals surface area contributed by atoms with Crippen LogP contribution in [0.1, 0.15) is 19.3 Å². The number of aromatic nitrogens is 2. The lowest BCUT2D eigenvalue weighted by Gasteiger charge is -2.43. The van der Waals surface area contributed by atoms with E-state index in [2.05, 4.69) is 4.98 Å². The number of benzene rings is 1. The maximum Gasteiger partial charge on any atom is 0.242 e. The van der Waals surface area contributed by atoms with Crippen LogP contribution in [0.5, 0.6) is 5.75 Å². The van der Waals surface area contributed by atoms with Gasteiger partial charge in [-0.25, -0.2) is 4.98 Å². The highest BCUT2D eigenvalue weighted by Gasteiger charge is 2.41. The quantitative estimate of drug-likeness (QED) is 0.634. The largest absolute Gasteiger partial charge is 0.493 e. The number of likely N-dealkylation sites (tertiary alicyclic amines) is 1. The molecule has 1 aromatic carbocycles. The first-order chi connectivity index (χ1) is 15.5. The first kappa shape index (κ1) is 22.6. The minimum Gasteiger partial charge on any atom is -0.493 e. The summed E-state index contributed by atoms with van der Waals surface area (Å²) < 4.78 is 13.3. The van der Waals surface area contributed by atoms with Crippen molar-refractivity contribution >= 4 is 23.4 Å². The van der Waals surface area contributed by atoms with Crippen molar-refractivity contribution in [2.24, 2.45) is 5.41 Å². The van der Waals surface area contributed by atoms with Gasteiger partial charge in [0.25, 0.3) is 0 Å². The lowest BCUT2D eigenvalue weighted by atomic mass is 9.77. The van der Waals surface area contributed by atoms with Crippen LogP contribution >= 0.6 is 11.6 Å². The Labute approximate surface area is 193 Å². The Hall–Kier alpha value is -2.58. The van der Waals surface area contributed by atoms with Crippen LogP contribution in [-0.4, -0.2) is 77.2 Å². The van der Waals surface area contributed by atoms with Gasteiger partial charge in [0, 0.05) is 55.4 Å². The Kier molecular flexibility index (Phi) is 7.32. The van der Waals surface area contributed by atoms with Crippen molar-refractivity contribution < 1.29 is 19.1 Å². The molecule has 0 radical (unpaired) electrons.